The van der Waals surface area contributed by atoms with Crippen LogP contribution in [0.5, 0.6) is 0 Å². The molecular weight excluding hydrogens is 200 g/mol. The Hall–Kier alpha value is -1.10. The summed E-state index contributed by atoms with van der Waals surface area (Å²) in [6, 6.07) is 1.79. The maximum Gasteiger partial charge on any atom is 0.304 e. The molecule has 1 aromatic heterocycles. The van der Waals surface area contributed by atoms with Crippen molar-refractivity contribution in [3.05, 3.63) is 18.1 Å². The van der Waals surface area contributed by atoms with Gasteiger partial charge in [0.2, 0.25) is 0 Å². The molecule has 0 bridgehead atoms. The third-order valence-corrected chi connectivity index (χ3v) is 2.57. The molecule has 0 aromatic carbocycles. The summed E-state index contributed by atoms with van der Waals surface area (Å²) in [5, 5.41) is 9.43. The van der Waals surface area contributed by atoms with Gasteiger partial charge in [-0.05, 0) is 13.0 Å². The van der Waals surface area contributed by atoms with E-state index >= 15 is 0 Å². The predicted molar refractivity (Wildman–Crippen MR) is 54.3 cm³/mol. The van der Waals surface area contributed by atoms with Crippen molar-refractivity contribution < 1.29 is 9.90 Å². The van der Waals surface area contributed by atoms with Crippen LogP contribution in [0.2, 0.25) is 0 Å². The lowest BCUT2D eigenvalue weighted by molar-refractivity contribution is -0.136. The summed E-state index contributed by atoms with van der Waals surface area (Å²) >= 11 is 1.45. The van der Waals surface area contributed by atoms with E-state index < -0.39 is 5.97 Å². The van der Waals surface area contributed by atoms with E-state index in [0.29, 0.717) is 5.82 Å². The van der Waals surface area contributed by atoms with Crippen LogP contribution < -0.4 is 0 Å². The summed E-state index contributed by atoms with van der Waals surface area (Å²) in [6.07, 6.45) is 1.83. The quantitative estimate of drug-likeness (QED) is 0.608. The number of hydrogen-bond donors (Lipinski definition) is 1. The Bertz CT molecular complexity index is 330. The molecule has 76 valence electrons. The Balaban J connectivity index is 2.55. The zero-order valence-electron chi connectivity index (χ0n) is 8.10. The number of carboxylic acids is 1. The van der Waals surface area contributed by atoms with E-state index in [1.165, 1.54) is 11.8 Å². The minimum atomic E-state index is -0.782. The lowest BCUT2D eigenvalue weighted by Gasteiger charge is -2.07. The molecule has 5 heteroatoms. The monoisotopic (exact) mass is 212 g/mol. The lowest BCUT2D eigenvalue weighted by Crippen LogP contribution is -2.05. The number of thioether (sulfide) groups is 1. The summed E-state index contributed by atoms with van der Waals surface area (Å²) in [5.74, 6) is -0.0756. The van der Waals surface area contributed by atoms with Crippen molar-refractivity contribution in [2.75, 3.05) is 0 Å². The SMILES string of the molecule is Cc1nccc(SC(C)CC(=O)O)n1. The molecule has 0 spiro atoms. The molecule has 14 heavy (non-hydrogen) atoms. The molecule has 0 saturated heterocycles. The van der Waals surface area contributed by atoms with E-state index in [0.717, 1.165) is 5.03 Å². The van der Waals surface area contributed by atoms with Crippen molar-refractivity contribution in [3.8, 4) is 0 Å². The predicted octanol–water partition coefficient (Wildman–Crippen LogP) is 1.74. The summed E-state index contributed by atoms with van der Waals surface area (Å²) < 4.78 is 0. The first-order chi connectivity index (χ1) is 6.58. The van der Waals surface area contributed by atoms with Crippen LogP contribution >= 0.6 is 11.8 Å². The summed E-state index contributed by atoms with van der Waals surface area (Å²) in [4.78, 5) is 18.6. The molecule has 0 aliphatic rings. The number of rotatable bonds is 4. The minimum Gasteiger partial charge on any atom is -0.481 e. The van der Waals surface area contributed by atoms with Crippen LogP contribution in [0.25, 0.3) is 0 Å². The van der Waals surface area contributed by atoms with E-state index in [9.17, 15) is 4.79 Å². The molecule has 0 radical (unpaired) electrons. The number of aliphatic carboxylic acids is 1. The number of carboxylic acid groups (broad SMARTS) is 1. The van der Waals surface area contributed by atoms with Crippen LogP contribution in [-0.2, 0) is 4.79 Å². The highest BCUT2D eigenvalue weighted by Crippen LogP contribution is 2.22. The van der Waals surface area contributed by atoms with Gasteiger partial charge in [0.15, 0.2) is 0 Å². The van der Waals surface area contributed by atoms with Crippen LogP contribution in [0.3, 0.4) is 0 Å². The van der Waals surface area contributed by atoms with Crippen LogP contribution in [0.4, 0.5) is 0 Å². The molecule has 0 saturated carbocycles. The first-order valence-electron chi connectivity index (χ1n) is 4.26. The third kappa shape index (κ3) is 3.74. The van der Waals surface area contributed by atoms with Gasteiger partial charge in [0, 0.05) is 11.4 Å². The molecule has 0 fully saturated rings. The summed E-state index contributed by atoms with van der Waals surface area (Å²) in [7, 11) is 0. The van der Waals surface area contributed by atoms with Crippen molar-refractivity contribution in [1.29, 1.82) is 0 Å². The van der Waals surface area contributed by atoms with Crippen molar-refractivity contribution in [2.24, 2.45) is 0 Å². The molecule has 1 atom stereocenters. The molecule has 1 N–H and O–H groups in total. The average Bonchev–Trinajstić information content (AvgIpc) is 2.01. The number of nitrogens with zero attached hydrogens (tertiary/aromatic N) is 2. The molecule has 1 heterocycles. The van der Waals surface area contributed by atoms with Crippen molar-refractivity contribution in [2.45, 2.75) is 30.5 Å². The van der Waals surface area contributed by atoms with Crippen molar-refractivity contribution in [1.82, 2.24) is 9.97 Å². The number of aryl methyl sites for hydroxylation is 1. The standard InChI is InChI=1S/C9H12N2O2S/c1-6(5-9(12)13)14-8-3-4-10-7(2)11-8/h3-4,6H,5H2,1-2H3,(H,12,13). The van der Waals surface area contributed by atoms with Gasteiger partial charge in [-0.25, -0.2) is 9.97 Å². The Labute approximate surface area is 86.8 Å². The number of carbonyl (C=O) groups is 1. The second-order valence-electron chi connectivity index (χ2n) is 2.97. The van der Waals surface area contributed by atoms with Crippen LogP contribution in [0.1, 0.15) is 19.2 Å². The van der Waals surface area contributed by atoms with Crippen molar-refractivity contribution in [3.63, 3.8) is 0 Å². The first kappa shape index (κ1) is 11.0. The lowest BCUT2D eigenvalue weighted by atomic mass is 10.3. The van der Waals surface area contributed by atoms with E-state index in [1.54, 1.807) is 12.3 Å². The highest BCUT2D eigenvalue weighted by Gasteiger charge is 2.09. The van der Waals surface area contributed by atoms with Crippen LogP contribution in [0.15, 0.2) is 17.3 Å². The molecular formula is C9H12N2O2S. The molecule has 1 unspecified atom stereocenters. The fourth-order valence-electron chi connectivity index (χ4n) is 0.994. The number of aromatic nitrogens is 2. The largest absolute Gasteiger partial charge is 0.481 e. The van der Waals surface area contributed by atoms with Gasteiger partial charge < -0.3 is 5.11 Å². The second-order valence-corrected chi connectivity index (χ2v) is 4.43. The Morgan fingerprint density at radius 3 is 3.00 bits per heavy atom. The first-order valence-corrected chi connectivity index (χ1v) is 5.14. The van der Waals surface area contributed by atoms with Gasteiger partial charge >= 0.3 is 5.97 Å². The van der Waals surface area contributed by atoms with Gasteiger partial charge in [-0.15, -0.1) is 11.8 Å². The zero-order chi connectivity index (χ0) is 10.6. The molecule has 0 amide bonds. The van der Waals surface area contributed by atoms with Gasteiger partial charge in [-0.3, -0.25) is 4.79 Å². The van der Waals surface area contributed by atoms with Crippen LogP contribution in [0, 0.1) is 6.92 Å². The molecule has 0 aliphatic heterocycles. The van der Waals surface area contributed by atoms with E-state index in [4.69, 9.17) is 5.11 Å². The Morgan fingerprint density at radius 1 is 1.71 bits per heavy atom. The van der Waals surface area contributed by atoms with Gasteiger partial charge in [-0.2, -0.15) is 0 Å². The topological polar surface area (TPSA) is 63.1 Å². The van der Waals surface area contributed by atoms with Gasteiger partial charge in [0.1, 0.15) is 5.82 Å². The van der Waals surface area contributed by atoms with Gasteiger partial charge in [0.05, 0.1) is 11.4 Å². The second kappa shape index (κ2) is 4.95. The molecule has 0 aliphatic carbocycles. The van der Waals surface area contributed by atoms with Crippen LogP contribution in [-0.4, -0.2) is 26.3 Å². The minimum absolute atomic E-state index is 0.0294. The van der Waals surface area contributed by atoms with E-state index in [-0.39, 0.29) is 11.7 Å². The maximum atomic E-state index is 10.4. The molecule has 1 rings (SSSR count). The van der Waals surface area contributed by atoms with Gasteiger partial charge in [0.25, 0.3) is 0 Å². The zero-order valence-corrected chi connectivity index (χ0v) is 8.91. The summed E-state index contributed by atoms with van der Waals surface area (Å²) in [6.45, 7) is 3.68. The Kier molecular flexibility index (Phi) is 3.88. The fourth-order valence-corrected chi connectivity index (χ4v) is 1.96. The molecule has 4 nitrogen and oxygen atoms in total. The summed E-state index contributed by atoms with van der Waals surface area (Å²) in [5.41, 5.74) is 0. The van der Waals surface area contributed by atoms with Crippen molar-refractivity contribution >= 4 is 17.7 Å². The molecule has 1 aromatic rings. The average molecular weight is 212 g/mol. The third-order valence-electron chi connectivity index (χ3n) is 1.53. The van der Waals surface area contributed by atoms with Gasteiger partial charge in [-0.1, -0.05) is 6.92 Å². The maximum absolute atomic E-state index is 10.4. The Morgan fingerprint density at radius 2 is 2.43 bits per heavy atom. The smallest absolute Gasteiger partial charge is 0.304 e. The normalized spacial score (nSPS) is 12.4. The highest BCUT2D eigenvalue weighted by molar-refractivity contribution is 7.99. The van der Waals surface area contributed by atoms with E-state index in [2.05, 4.69) is 9.97 Å². The fraction of sp³-hybridized carbons (Fsp3) is 0.444. The highest BCUT2D eigenvalue weighted by atomic mass is 32.2. The number of hydrogen-bond acceptors (Lipinski definition) is 4. The van der Waals surface area contributed by atoms with E-state index in [1.807, 2.05) is 13.8 Å².